The Morgan fingerprint density at radius 2 is 2.07 bits per heavy atom. The number of nitrogens with zero attached hydrogens (tertiary/aromatic N) is 1. The highest BCUT2D eigenvalue weighted by Crippen LogP contribution is 2.23. The molecular weight excluding hydrogens is 348 g/mol. The molecule has 0 aromatic carbocycles. The maximum Gasteiger partial charge on any atom is 0.306 e. The minimum absolute atomic E-state index is 0.0392. The molecule has 7 heteroatoms. The van der Waals surface area contributed by atoms with E-state index in [9.17, 15) is 14.4 Å². The fourth-order valence-corrected chi connectivity index (χ4v) is 3.09. The summed E-state index contributed by atoms with van der Waals surface area (Å²) >= 11 is 0. The molecule has 1 rings (SSSR count). The van der Waals surface area contributed by atoms with E-state index >= 15 is 0 Å². The summed E-state index contributed by atoms with van der Waals surface area (Å²) in [6, 6.07) is -0.511. The van der Waals surface area contributed by atoms with Crippen molar-refractivity contribution in [2.75, 3.05) is 19.8 Å². The van der Waals surface area contributed by atoms with Crippen LogP contribution in [0.2, 0.25) is 0 Å². The highest BCUT2D eigenvalue weighted by atomic mass is 16.5. The zero-order valence-corrected chi connectivity index (χ0v) is 16.2. The van der Waals surface area contributed by atoms with Crippen LogP contribution in [0.5, 0.6) is 0 Å². The molecule has 7 nitrogen and oxygen atoms in total. The number of aliphatic hydroxyl groups is 1. The van der Waals surface area contributed by atoms with Crippen LogP contribution in [0.15, 0.2) is 25.3 Å². The molecule has 27 heavy (non-hydrogen) atoms. The molecule has 3 atom stereocenters. The van der Waals surface area contributed by atoms with Crippen molar-refractivity contribution in [1.29, 1.82) is 0 Å². The second kappa shape index (κ2) is 12.3. The third-order valence-electron chi connectivity index (χ3n) is 4.56. The van der Waals surface area contributed by atoms with Crippen LogP contribution in [0, 0.1) is 5.92 Å². The van der Waals surface area contributed by atoms with E-state index < -0.39 is 5.92 Å². The summed E-state index contributed by atoms with van der Waals surface area (Å²) < 4.78 is 5.29. The Morgan fingerprint density at radius 1 is 1.33 bits per heavy atom. The van der Waals surface area contributed by atoms with Crippen molar-refractivity contribution in [3.05, 3.63) is 25.3 Å². The summed E-state index contributed by atoms with van der Waals surface area (Å²) in [7, 11) is 0. The first kappa shape index (κ1) is 22.9. The SMILES string of the molecule is C=CCCC(=O)OCC1CCCN1C(=O)C(CC=C)CC(=O)NC(C)CO. The Balaban J connectivity index is 2.64. The maximum atomic E-state index is 12.9. The number of likely N-dealkylation sites (tertiary alicyclic amines) is 1. The molecule has 0 radical (unpaired) electrons. The molecule has 2 N–H and O–H groups in total. The van der Waals surface area contributed by atoms with E-state index in [2.05, 4.69) is 18.5 Å². The van der Waals surface area contributed by atoms with Crippen LogP contribution in [0.3, 0.4) is 0 Å². The van der Waals surface area contributed by atoms with E-state index in [-0.39, 0.29) is 55.9 Å². The summed E-state index contributed by atoms with van der Waals surface area (Å²) in [5, 5.41) is 11.7. The number of hydrogen-bond acceptors (Lipinski definition) is 5. The molecule has 1 saturated heterocycles. The van der Waals surface area contributed by atoms with Crippen LogP contribution in [0.4, 0.5) is 0 Å². The zero-order valence-electron chi connectivity index (χ0n) is 16.2. The second-order valence-electron chi connectivity index (χ2n) is 6.91. The topological polar surface area (TPSA) is 95.9 Å². The van der Waals surface area contributed by atoms with Gasteiger partial charge < -0.3 is 20.1 Å². The van der Waals surface area contributed by atoms with Gasteiger partial charge in [-0.1, -0.05) is 12.2 Å². The molecule has 0 saturated carbocycles. The Labute approximate surface area is 161 Å². The first-order valence-corrected chi connectivity index (χ1v) is 9.51. The number of carbonyl (C=O) groups excluding carboxylic acids is 3. The van der Waals surface area contributed by atoms with Crippen LogP contribution in [-0.2, 0) is 19.1 Å². The van der Waals surface area contributed by atoms with Gasteiger partial charge in [0.1, 0.15) is 6.61 Å². The number of aliphatic hydroxyl groups excluding tert-OH is 1. The second-order valence-corrected chi connectivity index (χ2v) is 6.91. The summed E-state index contributed by atoms with van der Waals surface area (Å²) in [5.74, 6) is -1.20. The Kier molecular flexibility index (Phi) is 10.4. The van der Waals surface area contributed by atoms with Gasteiger partial charge in [-0.05, 0) is 32.6 Å². The van der Waals surface area contributed by atoms with Crippen molar-refractivity contribution in [3.63, 3.8) is 0 Å². The van der Waals surface area contributed by atoms with E-state index in [0.29, 0.717) is 19.4 Å². The first-order chi connectivity index (χ1) is 12.9. The van der Waals surface area contributed by atoms with Crippen molar-refractivity contribution < 1.29 is 24.2 Å². The molecule has 1 aliphatic heterocycles. The fourth-order valence-electron chi connectivity index (χ4n) is 3.09. The lowest BCUT2D eigenvalue weighted by atomic mass is 9.98. The lowest BCUT2D eigenvalue weighted by Gasteiger charge is -2.28. The van der Waals surface area contributed by atoms with Crippen LogP contribution >= 0.6 is 0 Å². The van der Waals surface area contributed by atoms with E-state index in [1.165, 1.54) is 0 Å². The van der Waals surface area contributed by atoms with Gasteiger partial charge in [0, 0.05) is 25.4 Å². The molecule has 152 valence electrons. The molecule has 0 aliphatic carbocycles. The number of ether oxygens (including phenoxy) is 1. The largest absolute Gasteiger partial charge is 0.463 e. The normalized spacial score (nSPS) is 18.4. The summed E-state index contributed by atoms with van der Waals surface area (Å²) in [6.45, 7) is 9.56. The molecule has 1 heterocycles. The number of nitrogens with one attached hydrogen (secondary N) is 1. The molecule has 1 aliphatic rings. The van der Waals surface area contributed by atoms with Gasteiger partial charge in [0.25, 0.3) is 0 Å². The van der Waals surface area contributed by atoms with E-state index in [1.807, 2.05) is 0 Å². The molecule has 0 bridgehead atoms. The van der Waals surface area contributed by atoms with Gasteiger partial charge in [-0.15, -0.1) is 13.2 Å². The molecule has 0 aromatic rings. The van der Waals surface area contributed by atoms with Gasteiger partial charge in [0.2, 0.25) is 11.8 Å². The van der Waals surface area contributed by atoms with Crippen molar-refractivity contribution in [2.45, 2.75) is 57.5 Å². The standard InChI is InChI=1S/C20H32N2O5/c1-4-6-10-19(25)27-14-17-9-7-11-22(17)20(26)16(8-5-2)12-18(24)21-15(3)13-23/h4-5,15-17,23H,1-2,6-14H2,3H3,(H,21,24). The number of esters is 1. The van der Waals surface area contributed by atoms with Gasteiger partial charge in [0.05, 0.1) is 18.6 Å². The third kappa shape index (κ3) is 7.95. The average Bonchev–Trinajstić information content (AvgIpc) is 3.12. The zero-order chi connectivity index (χ0) is 20.2. The van der Waals surface area contributed by atoms with Crippen molar-refractivity contribution in [1.82, 2.24) is 10.2 Å². The van der Waals surface area contributed by atoms with Crippen LogP contribution in [0.25, 0.3) is 0 Å². The van der Waals surface area contributed by atoms with Crippen molar-refractivity contribution in [3.8, 4) is 0 Å². The van der Waals surface area contributed by atoms with Crippen LogP contribution in [-0.4, -0.2) is 59.6 Å². The minimum Gasteiger partial charge on any atom is -0.463 e. The number of hydrogen-bond donors (Lipinski definition) is 2. The smallest absolute Gasteiger partial charge is 0.306 e. The average molecular weight is 380 g/mol. The fraction of sp³-hybridized carbons (Fsp3) is 0.650. The van der Waals surface area contributed by atoms with Gasteiger partial charge in [-0.25, -0.2) is 0 Å². The Morgan fingerprint density at radius 3 is 2.70 bits per heavy atom. The number of carbonyl (C=O) groups is 3. The van der Waals surface area contributed by atoms with Crippen LogP contribution in [0.1, 0.15) is 45.4 Å². The maximum absolute atomic E-state index is 12.9. The Hall–Kier alpha value is -2.15. The minimum atomic E-state index is -0.509. The third-order valence-corrected chi connectivity index (χ3v) is 4.56. The molecule has 1 fully saturated rings. The summed E-state index contributed by atoms with van der Waals surface area (Å²) in [6.07, 6.45) is 6.19. The van der Waals surface area contributed by atoms with Crippen molar-refractivity contribution >= 4 is 17.8 Å². The Bertz CT molecular complexity index is 534. The molecule has 2 amide bonds. The predicted molar refractivity (Wildman–Crippen MR) is 103 cm³/mol. The summed E-state index contributed by atoms with van der Waals surface area (Å²) in [4.78, 5) is 38.5. The van der Waals surface area contributed by atoms with Gasteiger partial charge >= 0.3 is 5.97 Å². The van der Waals surface area contributed by atoms with Gasteiger partial charge in [0.15, 0.2) is 0 Å². The van der Waals surface area contributed by atoms with E-state index in [1.54, 1.807) is 24.0 Å². The monoisotopic (exact) mass is 380 g/mol. The van der Waals surface area contributed by atoms with Gasteiger partial charge in [-0.3, -0.25) is 14.4 Å². The first-order valence-electron chi connectivity index (χ1n) is 9.51. The number of amides is 2. The molecular formula is C20H32N2O5. The van der Waals surface area contributed by atoms with E-state index in [4.69, 9.17) is 9.84 Å². The predicted octanol–water partition coefficient (Wildman–Crippen LogP) is 1.57. The quantitative estimate of drug-likeness (QED) is 0.396. The van der Waals surface area contributed by atoms with Crippen LogP contribution < -0.4 is 5.32 Å². The molecule has 3 unspecified atom stereocenters. The molecule has 0 spiro atoms. The highest BCUT2D eigenvalue weighted by Gasteiger charge is 2.34. The van der Waals surface area contributed by atoms with Gasteiger partial charge in [-0.2, -0.15) is 0 Å². The van der Waals surface area contributed by atoms with Crippen molar-refractivity contribution in [2.24, 2.45) is 5.92 Å². The highest BCUT2D eigenvalue weighted by molar-refractivity contribution is 5.86. The lowest BCUT2D eigenvalue weighted by molar-refractivity contribution is -0.148. The molecule has 0 aromatic heterocycles. The lowest BCUT2D eigenvalue weighted by Crippen LogP contribution is -2.44. The van der Waals surface area contributed by atoms with E-state index in [0.717, 1.165) is 12.8 Å². The number of rotatable bonds is 12. The number of allylic oxidation sites excluding steroid dienone is 2. The summed E-state index contributed by atoms with van der Waals surface area (Å²) in [5.41, 5.74) is 0.